The number of fused-ring (bicyclic) bond motifs is 15. The molecule has 7 aromatic carbocycles. The number of carbonyl (C=O) groups excluding carboxylic acids is 8. The smallest absolute Gasteiger partial charge is 0.230 e. The van der Waals surface area contributed by atoms with Gasteiger partial charge in [0.2, 0.25) is 35.7 Å². The van der Waals surface area contributed by atoms with Crippen molar-refractivity contribution < 1.29 is 150 Å². The van der Waals surface area contributed by atoms with Crippen molar-refractivity contribution in [2.75, 3.05) is 34.3 Å². The van der Waals surface area contributed by atoms with E-state index in [9.17, 15) is 60.3 Å². The first-order valence-electron chi connectivity index (χ1n) is 40.1. The number of Topliss-reactive ketones (excluding diaryl/α,β-unsaturated/α-hetero) is 4. The molecule has 7 aliphatic rings. The van der Waals surface area contributed by atoms with Crippen LogP contribution in [-0.4, -0.2) is 192 Å². The number of unbranched alkanes of at least 4 members (excludes halogenated alkanes) is 1. The van der Waals surface area contributed by atoms with Crippen molar-refractivity contribution >= 4 is 81.6 Å². The van der Waals surface area contributed by atoms with Crippen LogP contribution in [0.15, 0.2) is 127 Å². The van der Waals surface area contributed by atoms with E-state index in [0.717, 1.165) is 47.0 Å². The Bertz CT molecular complexity index is 5060. The minimum absolute atomic E-state index is 0. The molecular weight excluding hydrogens is 1720 g/mol. The summed E-state index contributed by atoms with van der Waals surface area (Å²) in [5.74, 6) is -18.3. The van der Waals surface area contributed by atoms with Gasteiger partial charge in [0.05, 0.1) is 74.5 Å². The molecule has 29 nitrogen and oxygen atoms in total. The van der Waals surface area contributed by atoms with Crippen molar-refractivity contribution in [2.45, 2.75) is 190 Å². The summed E-state index contributed by atoms with van der Waals surface area (Å²) in [5.41, 5.74) is 5.92. The van der Waals surface area contributed by atoms with E-state index < -0.39 is 222 Å². The van der Waals surface area contributed by atoms with Gasteiger partial charge in [0.1, 0.15) is 77.1 Å². The van der Waals surface area contributed by atoms with E-state index in [0.29, 0.717) is 35.3 Å². The fourth-order valence-electron chi connectivity index (χ4n) is 16.3. The molecule has 7 aromatic rings. The number of nitrogens with zero attached hydrogens (tertiary/aromatic N) is 1. The number of benzene rings is 7. The van der Waals surface area contributed by atoms with E-state index in [4.69, 9.17) is 69.0 Å². The maximum atomic E-state index is 16.5. The Morgan fingerprint density at radius 2 is 1.30 bits per heavy atom. The molecule has 11 bridgehead atoms. The first-order chi connectivity index (χ1) is 57.2. The number of rotatable bonds is 21. The number of hydrogen-bond donors (Lipinski definition) is 14. The van der Waals surface area contributed by atoms with Crippen LogP contribution in [0, 0.1) is 23.7 Å². The molecule has 2 fully saturated rings. The van der Waals surface area contributed by atoms with Crippen molar-refractivity contribution in [3.8, 4) is 68.2 Å². The SMILES string of the molecule is CC(C)CC(C)C(=O)NC1C(=O)CC(CC(N)=O)C(=O)NC2C(=O)CC3C(=O)CC(C(=O)NC(C(=O)CCCC[N+](C)(C)C)c4cc(O)cc(O)c4-c4cc3ccc4O)C(O)c3ccc(c(Cl)c3)Oc3cc2cc(c3OC2OC(CO)C(O)C(O)C2OC2CC(C)(NCc3ccc(-c4ccc(Cl)cc4)cc3)C(O)C(C)O2)Oc2ccc(cc2Cl)[C@@H]1O.[Y]. The Labute approximate surface area is 745 Å². The number of halogens is 3. The zero-order valence-electron chi connectivity index (χ0n) is 68.5. The predicted molar refractivity (Wildman–Crippen MR) is 443 cm³/mol. The largest absolute Gasteiger partial charge is 0.508 e. The Morgan fingerprint density at radius 1 is 0.680 bits per heavy atom. The fourth-order valence-corrected chi connectivity index (χ4v) is 16.9. The Balaban J connectivity index is 0.0000145. The topological polar surface area (TPSA) is 448 Å². The van der Waals surface area contributed by atoms with Crippen LogP contribution >= 0.6 is 34.8 Å². The summed E-state index contributed by atoms with van der Waals surface area (Å²) in [5, 5.41) is 119. The quantitative estimate of drug-likeness (QED) is 0.0235. The molecule has 649 valence electrons. The molecule has 122 heavy (non-hydrogen) atoms. The maximum Gasteiger partial charge on any atom is 0.230 e. The summed E-state index contributed by atoms with van der Waals surface area (Å²) in [7, 11) is 5.90. The number of ether oxygens (including phenoxy) is 6. The molecule has 18 atom stereocenters. The monoisotopic (exact) mass is 1820 g/mol. The number of aromatic hydroxyl groups is 3. The second kappa shape index (κ2) is 39.7. The van der Waals surface area contributed by atoms with Crippen LogP contribution in [0.3, 0.4) is 0 Å². The normalized spacial score (nSPS) is 26.6. The number of ketones is 4. The van der Waals surface area contributed by atoms with E-state index in [1.54, 1.807) is 32.9 Å². The van der Waals surface area contributed by atoms with E-state index in [1.807, 2.05) is 71.4 Å². The molecule has 2 saturated heterocycles. The van der Waals surface area contributed by atoms with Crippen LogP contribution in [0.25, 0.3) is 22.3 Å². The van der Waals surface area contributed by atoms with Gasteiger partial charge in [0.15, 0.2) is 41.2 Å². The average Bonchev–Trinajstić information content (AvgIpc) is 0.765. The summed E-state index contributed by atoms with van der Waals surface area (Å²) in [6.07, 6.45) is -20.0. The molecule has 15 N–H and O–H groups in total. The van der Waals surface area contributed by atoms with Crippen LogP contribution < -0.4 is 41.2 Å². The number of phenols is 3. The van der Waals surface area contributed by atoms with Crippen molar-refractivity contribution in [1.82, 2.24) is 21.3 Å². The third kappa shape index (κ3) is 21.8. The second-order valence-corrected chi connectivity index (χ2v) is 35.0. The molecule has 4 amide bonds. The van der Waals surface area contributed by atoms with Gasteiger partial charge in [0.25, 0.3) is 0 Å². The van der Waals surface area contributed by atoms with E-state index in [2.05, 4.69) is 21.3 Å². The number of aliphatic hydroxyl groups excluding tert-OH is 6. The minimum atomic E-state index is -2.15. The molecular formula is C89H102Cl3N6O23Y+. The van der Waals surface area contributed by atoms with Crippen molar-refractivity contribution in [2.24, 2.45) is 29.4 Å². The number of quaternary nitrogens is 1. The van der Waals surface area contributed by atoms with E-state index in [-0.39, 0.29) is 119 Å². The predicted octanol–water partition coefficient (Wildman–Crippen LogP) is 9.73. The zero-order chi connectivity index (χ0) is 87.5. The summed E-state index contributed by atoms with van der Waals surface area (Å²) < 4.78 is 40.5. The number of amides is 4. The van der Waals surface area contributed by atoms with Gasteiger partial charge in [-0.15, -0.1) is 0 Å². The van der Waals surface area contributed by atoms with Gasteiger partial charge in [-0.3, -0.25) is 38.4 Å². The third-order valence-electron chi connectivity index (χ3n) is 22.9. The Hall–Kier alpha value is -8.57. The van der Waals surface area contributed by atoms with Gasteiger partial charge in [-0.25, -0.2) is 0 Å². The fraction of sp³-hybridized carbons (Fsp3) is 0.438. The molecule has 7 heterocycles. The molecule has 0 aromatic heterocycles. The second-order valence-electron chi connectivity index (χ2n) is 33.7. The van der Waals surface area contributed by atoms with Crippen molar-refractivity contribution in [3.63, 3.8) is 0 Å². The zero-order valence-corrected chi connectivity index (χ0v) is 73.6. The number of carbonyl (C=O) groups is 8. The molecule has 17 unspecified atom stereocenters. The minimum Gasteiger partial charge on any atom is -0.508 e. The average molecular weight is 1820 g/mol. The van der Waals surface area contributed by atoms with Gasteiger partial charge in [-0.05, 0) is 150 Å². The molecule has 14 rings (SSSR count). The van der Waals surface area contributed by atoms with Crippen LogP contribution in [0.1, 0.15) is 156 Å². The standard InChI is InChI=1S/C89H101Cl3N6O23.Y/c1-42(2)27-43(3)85(113)97-77-65(105)31-52(34-72(93)107)86(114)95-75-51-32-69(117-67-24-19-49(29-59(67)91)78(108)58-38-63(103)55(37-66(75)106)48-18-23-61(101)56(28-48)74-57(35-54(100)36-64(74)104)76(96-87(58)115)62(102)11-9-10-26-98(6,7)8)82(70(33-51)118-68-25-20-50(79(77)109)30-60(68)92)121-88-83(81(111)80(110)71(41-99)119-88)120-73-39-89(5,84(112)44(4)116-73)94-40-45-12-14-46(15-13-45)47-16-21-53(90)22-17-47;/h12-25,28-30,32-33,35-36,42-44,52,55,58,71,73,75-81,83-84,88,94,99,108-112H,9-11,26-27,31,34,37-41H2,1-8H3,(H7-,93,95,96,97,100,101,104,107,113,114,115);/p+1/t43?,44?,52?,55?,58?,71?,73?,75?,76?,77?,78?,79-,80?,81?,83?,84?,88?,89?;/m0./s1. The van der Waals surface area contributed by atoms with Gasteiger partial charge in [0, 0.05) is 117 Å². The first-order valence-corrected chi connectivity index (χ1v) is 41.3. The van der Waals surface area contributed by atoms with Crippen LogP contribution in [-0.2, 0) is 91.8 Å². The number of aliphatic hydroxyl groups is 6. The summed E-state index contributed by atoms with van der Waals surface area (Å²) in [6, 6.07) is 24.8. The number of nitrogens with two attached hydrogens (primary N) is 1. The van der Waals surface area contributed by atoms with Crippen molar-refractivity contribution in [1.29, 1.82) is 0 Å². The van der Waals surface area contributed by atoms with Gasteiger partial charge >= 0.3 is 0 Å². The molecule has 0 spiro atoms. The number of phenolic OH excluding ortho intramolecular Hbond substituents is 3. The number of hydrogen-bond acceptors (Lipinski definition) is 24. The van der Waals surface area contributed by atoms with Gasteiger partial charge in [-0.1, -0.05) is 110 Å². The molecule has 7 aliphatic heterocycles. The number of primary amides is 1. The summed E-state index contributed by atoms with van der Waals surface area (Å²) in [6.45, 7) is 8.59. The van der Waals surface area contributed by atoms with E-state index in [1.165, 1.54) is 48.5 Å². The van der Waals surface area contributed by atoms with Crippen LogP contribution in [0.4, 0.5) is 0 Å². The third-order valence-corrected chi connectivity index (χ3v) is 23.8. The molecule has 0 aliphatic carbocycles. The van der Waals surface area contributed by atoms with E-state index >= 15 is 24.0 Å². The molecule has 33 heteroatoms. The van der Waals surface area contributed by atoms with Crippen molar-refractivity contribution in [3.05, 3.63) is 176 Å². The van der Waals surface area contributed by atoms with Gasteiger partial charge < -0.3 is 106 Å². The first kappa shape index (κ1) is 94.1. The maximum absolute atomic E-state index is 16.5. The van der Waals surface area contributed by atoms with Gasteiger partial charge in [-0.2, -0.15) is 0 Å². The molecule has 0 saturated carbocycles. The summed E-state index contributed by atoms with van der Waals surface area (Å²) >= 11 is 20.7. The molecule has 1 radical (unpaired) electrons. The van der Waals surface area contributed by atoms with Crippen LogP contribution in [0.5, 0.6) is 46.0 Å². The Morgan fingerprint density at radius 3 is 1.91 bits per heavy atom. The van der Waals surface area contributed by atoms with Crippen LogP contribution in [0.2, 0.25) is 15.1 Å². The number of nitrogens with one attached hydrogen (secondary N) is 4. The summed E-state index contributed by atoms with van der Waals surface area (Å²) in [4.78, 5) is 121. The Kier molecular flexibility index (Phi) is 30.7.